The number of aryl methyl sites for hydroxylation is 1. The highest BCUT2D eigenvalue weighted by Crippen LogP contribution is 2.09. The van der Waals surface area contributed by atoms with Crippen molar-refractivity contribution in [3.63, 3.8) is 0 Å². The van der Waals surface area contributed by atoms with Gasteiger partial charge in [-0.15, -0.1) is 0 Å². The van der Waals surface area contributed by atoms with Crippen LogP contribution >= 0.6 is 0 Å². The summed E-state index contributed by atoms with van der Waals surface area (Å²) in [7, 11) is 0. The van der Waals surface area contributed by atoms with E-state index in [1.54, 1.807) is 0 Å². The second-order valence-electron chi connectivity index (χ2n) is 3.71. The largest absolute Gasteiger partial charge is 0.370 e. The minimum Gasteiger partial charge on any atom is -0.370 e. The normalized spacial score (nSPS) is 22.5. The van der Waals surface area contributed by atoms with Crippen molar-refractivity contribution in [1.82, 2.24) is 10.5 Å². The van der Waals surface area contributed by atoms with Crippen LogP contribution in [0.2, 0.25) is 0 Å². The molecule has 1 aliphatic rings. The molecular formula is C10H16N2O2. The Labute approximate surface area is 83.6 Å². The molecule has 0 spiro atoms. The fourth-order valence-corrected chi connectivity index (χ4v) is 1.65. The maximum atomic E-state index is 5.70. The molecule has 1 atom stereocenters. The molecule has 1 N–H and O–H groups in total. The minimum atomic E-state index is 0.334. The van der Waals surface area contributed by atoms with Crippen LogP contribution in [0.5, 0.6) is 0 Å². The van der Waals surface area contributed by atoms with Crippen molar-refractivity contribution in [2.45, 2.75) is 32.5 Å². The summed E-state index contributed by atoms with van der Waals surface area (Å²) in [5, 5.41) is 7.19. The Morgan fingerprint density at radius 1 is 1.71 bits per heavy atom. The van der Waals surface area contributed by atoms with Crippen molar-refractivity contribution in [2.75, 3.05) is 13.1 Å². The molecule has 78 valence electrons. The lowest BCUT2D eigenvalue weighted by Gasteiger charge is -2.22. The van der Waals surface area contributed by atoms with Gasteiger partial charge in [-0.05, 0) is 26.3 Å². The summed E-state index contributed by atoms with van der Waals surface area (Å²) in [4.78, 5) is 0. The summed E-state index contributed by atoms with van der Waals surface area (Å²) in [6, 6.07) is 1.91. The van der Waals surface area contributed by atoms with Gasteiger partial charge in [0.15, 0.2) is 0 Å². The molecule has 0 bridgehead atoms. The Morgan fingerprint density at radius 2 is 2.64 bits per heavy atom. The Bertz CT molecular complexity index is 279. The number of rotatable bonds is 3. The summed E-state index contributed by atoms with van der Waals surface area (Å²) in [5.41, 5.74) is 0.882. The van der Waals surface area contributed by atoms with E-state index in [9.17, 15) is 0 Å². The van der Waals surface area contributed by atoms with Gasteiger partial charge < -0.3 is 14.6 Å². The molecule has 4 heteroatoms. The molecule has 1 fully saturated rings. The highest BCUT2D eigenvalue weighted by Gasteiger charge is 2.13. The number of piperidine rings is 1. The molecule has 2 heterocycles. The van der Waals surface area contributed by atoms with Gasteiger partial charge in [-0.2, -0.15) is 0 Å². The molecule has 14 heavy (non-hydrogen) atoms. The van der Waals surface area contributed by atoms with Crippen molar-refractivity contribution < 1.29 is 9.26 Å². The molecule has 0 saturated carbocycles. The van der Waals surface area contributed by atoms with Gasteiger partial charge in [-0.1, -0.05) is 5.16 Å². The topological polar surface area (TPSA) is 47.3 Å². The summed E-state index contributed by atoms with van der Waals surface area (Å²) < 4.78 is 10.7. The molecule has 0 aromatic carbocycles. The maximum absolute atomic E-state index is 5.70. The summed E-state index contributed by atoms with van der Waals surface area (Å²) in [6.07, 6.45) is 2.67. The van der Waals surface area contributed by atoms with E-state index in [0.29, 0.717) is 12.7 Å². The standard InChI is InChI=1S/C10H16N2O2/c1-8-5-9(12-14-8)7-13-10-3-2-4-11-6-10/h5,10-11H,2-4,6-7H2,1H3. The summed E-state index contributed by atoms with van der Waals surface area (Å²) >= 11 is 0. The first kappa shape index (κ1) is 9.68. The van der Waals surface area contributed by atoms with Crippen LogP contribution in [0, 0.1) is 6.92 Å². The minimum absolute atomic E-state index is 0.334. The number of aromatic nitrogens is 1. The van der Waals surface area contributed by atoms with E-state index >= 15 is 0 Å². The highest BCUT2D eigenvalue weighted by molar-refractivity contribution is 5.01. The van der Waals surface area contributed by atoms with Crippen LogP contribution in [0.25, 0.3) is 0 Å². The van der Waals surface area contributed by atoms with E-state index in [-0.39, 0.29) is 0 Å². The maximum Gasteiger partial charge on any atom is 0.134 e. The monoisotopic (exact) mass is 196 g/mol. The first-order valence-electron chi connectivity index (χ1n) is 5.09. The Morgan fingerprint density at radius 3 is 3.29 bits per heavy atom. The zero-order chi connectivity index (χ0) is 9.80. The molecule has 4 nitrogen and oxygen atoms in total. The van der Waals surface area contributed by atoms with Crippen LogP contribution in [0.1, 0.15) is 24.3 Å². The molecule has 0 aliphatic carbocycles. The number of nitrogens with one attached hydrogen (secondary N) is 1. The summed E-state index contributed by atoms with van der Waals surface area (Å²) in [6.45, 7) is 4.52. The molecule has 1 unspecified atom stereocenters. The van der Waals surface area contributed by atoms with E-state index in [1.807, 2.05) is 13.0 Å². The van der Waals surface area contributed by atoms with E-state index in [0.717, 1.165) is 31.0 Å². The quantitative estimate of drug-likeness (QED) is 0.790. The number of nitrogens with zero attached hydrogens (tertiary/aromatic N) is 1. The molecular weight excluding hydrogens is 180 g/mol. The Hall–Kier alpha value is -0.870. The van der Waals surface area contributed by atoms with Gasteiger partial charge in [-0.3, -0.25) is 0 Å². The number of hydrogen-bond donors (Lipinski definition) is 1. The molecule has 1 aromatic rings. The van der Waals surface area contributed by atoms with Crippen molar-refractivity contribution in [3.8, 4) is 0 Å². The smallest absolute Gasteiger partial charge is 0.134 e. The Kier molecular flexibility index (Phi) is 3.16. The molecule has 0 radical (unpaired) electrons. The predicted molar refractivity (Wildman–Crippen MR) is 51.9 cm³/mol. The zero-order valence-corrected chi connectivity index (χ0v) is 8.45. The average molecular weight is 196 g/mol. The van der Waals surface area contributed by atoms with Crippen molar-refractivity contribution in [1.29, 1.82) is 0 Å². The van der Waals surface area contributed by atoms with Gasteiger partial charge in [-0.25, -0.2) is 0 Å². The van der Waals surface area contributed by atoms with Gasteiger partial charge in [0.2, 0.25) is 0 Å². The van der Waals surface area contributed by atoms with E-state index in [2.05, 4.69) is 10.5 Å². The van der Waals surface area contributed by atoms with Crippen molar-refractivity contribution in [2.24, 2.45) is 0 Å². The zero-order valence-electron chi connectivity index (χ0n) is 8.45. The molecule has 1 saturated heterocycles. The Balaban J connectivity index is 1.76. The first-order chi connectivity index (χ1) is 6.84. The third-order valence-electron chi connectivity index (χ3n) is 2.40. The molecule has 1 aromatic heterocycles. The van der Waals surface area contributed by atoms with Crippen molar-refractivity contribution in [3.05, 3.63) is 17.5 Å². The fraction of sp³-hybridized carbons (Fsp3) is 0.700. The number of ether oxygens (including phenoxy) is 1. The third kappa shape index (κ3) is 2.56. The first-order valence-corrected chi connectivity index (χ1v) is 5.09. The molecule has 2 rings (SSSR count). The summed E-state index contributed by atoms with van der Waals surface area (Å²) in [5.74, 6) is 0.838. The fourth-order valence-electron chi connectivity index (χ4n) is 1.65. The average Bonchev–Trinajstić information content (AvgIpc) is 2.63. The number of hydrogen-bond acceptors (Lipinski definition) is 4. The highest BCUT2D eigenvalue weighted by atomic mass is 16.5. The lowest BCUT2D eigenvalue weighted by molar-refractivity contribution is 0.0225. The SMILES string of the molecule is Cc1cc(COC2CCCNC2)no1. The van der Waals surface area contributed by atoms with Gasteiger partial charge in [0.25, 0.3) is 0 Å². The van der Waals surface area contributed by atoms with Crippen LogP contribution < -0.4 is 5.32 Å². The second kappa shape index (κ2) is 4.57. The van der Waals surface area contributed by atoms with Crippen LogP contribution in [0.4, 0.5) is 0 Å². The molecule has 0 amide bonds. The van der Waals surface area contributed by atoms with Gasteiger partial charge in [0.05, 0.1) is 12.7 Å². The lowest BCUT2D eigenvalue weighted by atomic mass is 10.1. The van der Waals surface area contributed by atoms with Gasteiger partial charge >= 0.3 is 0 Å². The van der Waals surface area contributed by atoms with Crippen LogP contribution in [-0.2, 0) is 11.3 Å². The molecule has 1 aliphatic heterocycles. The van der Waals surface area contributed by atoms with Crippen molar-refractivity contribution >= 4 is 0 Å². The predicted octanol–water partition coefficient (Wildman–Crippen LogP) is 1.25. The lowest BCUT2D eigenvalue weighted by Crippen LogP contribution is -2.35. The van der Waals surface area contributed by atoms with Crippen LogP contribution in [0.15, 0.2) is 10.6 Å². The van der Waals surface area contributed by atoms with E-state index < -0.39 is 0 Å². The van der Waals surface area contributed by atoms with Crippen LogP contribution in [0.3, 0.4) is 0 Å². The van der Waals surface area contributed by atoms with Crippen LogP contribution in [-0.4, -0.2) is 24.4 Å². The van der Waals surface area contributed by atoms with E-state index in [4.69, 9.17) is 9.26 Å². The second-order valence-corrected chi connectivity index (χ2v) is 3.71. The van der Waals surface area contributed by atoms with Gasteiger partial charge in [0, 0.05) is 12.6 Å². The van der Waals surface area contributed by atoms with Gasteiger partial charge in [0.1, 0.15) is 11.5 Å². The van der Waals surface area contributed by atoms with E-state index in [1.165, 1.54) is 6.42 Å². The third-order valence-corrected chi connectivity index (χ3v) is 2.40.